The maximum Gasteiger partial charge on any atom is 0.490 e. The number of nitrogens with zero attached hydrogens (tertiary/aromatic N) is 4. The van der Waals surface area contributed by atoms with E-state index in [4.69, 9.17) is 4.42 Å². The van der Waals surface area contributed by atoms with E-state index >= 15 is 0 Å². The first kappa shape index (κ1) is 15.9. The summed E-state index contributed by atoms with van der Waals surface area (Å²) in [5, 5.41) is 15.3. The molecule has 24 heavy (non-hydrogen) atoms. The zero-order chi connectivity index (χ0) is 17.4. The van der Waals surface area contributed by atoms with Crippen molar-refractivity contribution in [1.29, 1.82) is 0 Å². The third kappa shape index (κ3) is 2.90. The van der Waals surface area contributed by atoms with Gasteiger partial charge in [0.15, 0.2) is 0 Å². The predicted octanol–water partition coefficient (Wildman–Crippen LogP) is 2.77. The monoisotopic (exact) mass is 328 g/mol. The normalized spacial score (nSPS) is 11.3. The second-order valence-electron chi connectivity index (χ2n) is 5.95. The molecule has 8 heteroatoms. The lowest BCUT2D eigenvalue weighted by molar-refractivity contribution is -0.394. The van der Waals surface area contributed by atoms with Crippen LogP contribution in [0.15, 0.2) is 33.7 Å². The minimum atomic E-state index is -0.659. The fraction of sp³-hybridized carbons (Fsp3) is 0.312. The van der Waals surface area contributed by atoms with Crippen LogP contribution in [0.4, 0.5) is 5.95 Å². The third-order valence-electron chi connectivity index (χ3n) is 3.86. The maximum absolute atomic E-state index is 11.8. The SMILES string of the molecule is Cc1cc2oc(=O)cc(Cn3cnc([N+](=O)[O-])n3)c2cc1C(C)C. The molecule has 2 heterocycles. The van der Waals surface area contributed by atoms with Gasteiger partial charge in [-0.3, -0.25) is 0 Å². The highest BCUT2D eigenvalue weighted by molar-refractivity contribution is 5.82. The molecule has 0 unspecified atom stereocenters. The summed E-state index contributed by atoms with van der Waals surface area (Å²) in [4.78, 5) is 25.5. The van der Waals surface area contributed by atoms with Gasteiger partial charge in [0, 0.05) is 16.6 Å². The van der Waals surface area contributed by atoms with E-state index in [1.54, 1.807) is 0 Å². The van der Waals surface area contributed by atoms with Gasteiger partial charge >= 0.3 is 11.6 Å². The fourth-order valence-corrected chi connectivity index (χ4v) is 2.76. The summed E-state index contributed by atoms with van der Waals surface area (Å²) in [6.07, 6.45) is 1.27. The molecule has 1 aromatic carbocycles. The number of rotatable bonds is 4. The Morgan fingerprint density at radius 2 is 2.08 bits per heavy atom. The largest absolute Gasteiger partial charge is 0.490 e. The molecule has 0 aliphatic carbocycles. The zero-order valence-corrected chi connectivity index (χ0v) is 13.5. The molecule has 8 nitrogen and oxygen atoms in total. The molecule has 0 aliphatic rings. The van der Waals surface area contributed by atoms with Crippen molar-refractivity contribution in [3.8, 4) is 0 Å². The molecule has 124 valence electrons. The summed E-state index contributed by atoms with van der Waals surface area (Å²) in [5.74, 6) is -0.150. The Bertz CT molecular complexity index is 987. The first-order chi connectivity index (χ1) is 11.3. The summed E-state index contributed by atoms with van der Waals surface area (Å²) in [7, 11) is 0. The minimum Gasteiger partial charge on any atom is -0.423 e. The van der Waals surface area contributed by atoms with Crippen molar-refractivity contribution in [2.45, 2.75) is 33.2 Å². The standard InChI is InChI=1S/C16H16N4O4/c1-9(2)12-6-13-11(5-15(21)24-14(13)4-10(12)3)7-19-8-17-16(18-19)20(22)23/h4-6,8-9H,7H2,1-3H3. The lowest BCUT2D eigenvalue weighted by atomic mass is 9.95. The van der Waals surface area contributed by atoms with Crippen molar-refractivity contribution in [1.82, 2.24) is 14.8 Å². The molecule has 0 radical (unpaired) electrons. The molecular weight excluding hydrogens is 312 g/mol. The highest BCUT2D eigenvalue weighted by Gasteiger charge is 2.16. The minimum absolute atomic E-state index is 0.198. The van der Waals surface area contributed by atoms with Crippen LogP contribution in [0.5, 0.6) is 0 Å². The van der Waals surface area contributed by atoms with Crippen LogP contribution in [-0.2, 0) is 6.54 Å². The average Bonchev–Trinajstić information content (AvgIpc) is 2.94. The van der Waals surface area contributed by atoms with Crippen LogP contribution in [0.1, 0.15) is 36.5 Å². The highest BCUT2D eigenvalue weighted by Crippen LogP contribution is 2.27. The number of aromatic nitrogens is 3. The molecule has 0 aliphatic heterocycles. The molecule has 2 aromatic heterocycles. The van der Waals surface area contributed by atoms with E-state index in [1.165, 1.54) is 17.1 Å². The van der Waals surface area contributed by atoms with Crippen molar-refractivity contribution in [3.63, 3.8) is 0 Å². The second kappa shape index (κ2) is 5.88. The summed E-state index contributed by atoms with van der Waals surface area (Å²) >= 11 is 0. The number of benzene rings is 1. The van der Waals surface area contributed by atoms with Gasteiger partial charge in [-0.1, -0.05) is 18.8 Å². The molecule has 0 atom stereocenters. The number of fused-ring (bicyclic) bond motifs is 1. The van der Waals surface area contributed by atoms with Crippen molar-refractivity contribution in [2.24, 2.45) is 0 Å². The van der Waals surface area contributed by atoms with Gasteiger partial charge in [-0.25, -0.2) is 4.79 Å². The van der Waals surface area contributed by atoms with Crippen LogP contribution in [0.3, 0.4) is 0 Å². The molecule has 0 N–H and O–H groups in total. The van der Waals surface area contributed by atoms with Gasteiger partial charge in [-0.05, 0) is 46.6 Å². The number of hydrogen-bond acceptors (Lipinski definition) is 6. The first-order valence-corrected chi connectivity index (χ1v) is 7.46. The molecule has 0 saturated heterocycles. The lowest BCUT2D eigenvalue weighted by Gasteiger charge is -2.12. The lowest BCUT2D eigenvalue weighted by Crippen LogP contribution is -2.07. The van der Waals surface area contributed by atoms with Gasteiger partial charge in [0.05, 0.1) is 6.54 Å². The topological polar surface area (TPSA) is 104 Å². The average molecular weight is 328 g/mol. The number of hydrogen-bond donors (Lipinski definition) is 0. The number of nitro groups is 1. The molecule has 0 saturated carbocycles. The maximum atomic E-state index is 11.8. The van der Waals surface area contributed by atoms with E-state index in [0.717, 1.165) is 16.5 Å². The Balaban J connectivity index is 2.13. The van der Waals surface area contributed by atoms with Gasteiger partial charge in [0.2, 0.25) is 6.33 Å². The Morgan fingerprint density at radius 3 is 2.71 bits per heavy atom. The Labute approximate surface area is 136 Å². The summed E-state index contributed by atoms with van der Waals surface area (Å²) in [5.41, 5.74) is 2.91. The van der Waals surface area contributed by atoms with E-state index in [-0.39, 0.29) is 6.54 Å². The van der Waals surface area contributed by atoms with Gasteiger partial charge in [0.25, 0.3) is 0 Å². The third-order valence-corrected chi connectivity index (χ3v) is 3.86. The summed E-state index contributed by atoms with van der Waals surface area (Å²) < 4.78 is 6.62. The van der Waals surface area contributed by atoms with Gasteiger partial charge in [0.1, 0.15) is 5.58 Å². The quantitative estimate of drug-likeness (QED) is 0.414. The van der Waals surface area contributed by atoms with Crippen LogP contribution in [0, 0.1) is 17.0 Å². The molecule has 3 rings (SSSR count). The summed E-state index contributed by atoms with van der Waals surface area (Å²) in [6, 6.07) is 5.23. The van der Waals surface area contributed by atoms with E-state index in [2.05, 4.69) is 23.9 Å². The van der Waals surface area contributed by atoms with E-state index in [1.807, 2.05) is 19.1 Å². The molecule has 3 aromatic rings. The second-order valence-corrected chi connectivity index (χ2v) is 5.95. The Hall–Kier alpha value is -3.03. The van der Waals surface area contributed by atoms with Crippen molar-refractivity contribution in [3.05, 3.63) is 61.8 Å². The van der Waals surface area contributed by atoms with Crippen molar-refractivity contribution >= 4 is 16.9 Å². The Kier molecular flexibility index (Phi) is 3.88. The van der Waals surface area contributed by atoms with E-state index in [0.29, 0.717) is 17.1 Å². The Morgan fingerprint density at radius 1 is 1.33 bits per heavy atom. The first-order valence-electron chi connectivity index (χ1n) is 7.46. The molecule has 0 fully saturated rings. The van der Waals surface area contributed by atoms with Crippen LogP contribution in [0.25, 0.3) is 11.0 Å². The molecule has 0 amide bonds. The van der Waals surface area contributed by atoms with Crippen LogP contribution < -0.4 is 5.63 Å². The van der Waals surface area contributed by atoms with E-state index in [9.17, 15) is 14.9 Å². The van der Waals surface area contributed by atoms with Crippen molar-refractivity contribution < 1.29 is 9.34 Å². The fourth-order valence-electron chi connectivity index (χ4n) is 2.76. The number of aryl methyl sites for hydroxylation is 1. The van der Waals surface area contributed by atoms with Crippen molar-refractivity contribution in [2.75, 3.05) is 0 Å². The van der Waals surface area contributed by atoms with Crippen LogP contribution in [0.2, 0.25) is 0 Å². The van der Waals surface area contributed by atoms with Gasteiger partial charge < -0.3 is 14.5 Å². The van der Waals surface area contributed by atoms with Gasteiger partial charge in [-0.15, -0.1) is 0 Å². The van der Waals surface area contributed by atoms with E-state index < -0.39 is 16.5 Å². The highest BCUT2D eigenvalue weighted by atomic mass is 16.6. The zero-order valence-electron chi connectivity index (χ0n) is 13.5. The predicted molar refractivity (Wildman–Crippen MR) is 87.1 cm³/mol. The van der Waals surface area contributed by atoms with Gasteiger partial charge in [-0.2, -0.15) is 4.68 Å². The molecule has 0 spiro atoms. The summed E-state index contributed by atoms with van der Waals surface area (Å²) in [6.45, 7) is 6.35. The van der Waals surface area contributed by atoms with Crippen LogP contribution in [-0.4, -0.2) is 19.7 Å². The molecule has 0 bridgehead atoms. The smallest absolute Gasteiger partial charge is 0.423 e. The van der Waals surface area contributed by atoms with Crippen LogP contribution >= 0.6 is 0 Å². The molecular formula is C16H16N4O4.